The maximum absolute atomic E-state index is 11.1. The number of rotatable bonds is 1. The van der Waals surface area contributed by atoms with E-state index in [4.69, 9.17) is 0 Å². The zero-order chi connectivity index (χ0) is 9.10. The normalized spacial score (nSPS) is 22.5. The van der Waals surface area contributed by atoms with Crippen LogP contribution in [-0.4, -0.2) is 17.4 Å². The molecular weight excluding hydrogens is 182 g/mol. The minimum atomic E-state index is 0.144. The van der Waals surface area contributed by atoms with Crippen LogP contribution in [0.4, 0.5) is 0 Å². The van der Waals surface area contributed by atoms with Gasteiger partial charge >= 0.3 is 0 Å². The lowest BCUT2D eigenvalue weighted by atomic mass is 10.1. The van der Waals surface area contributed by atoms with Crippen molar-refractivity contribution in [3.05, 3.63) is 35.9 Å². The molecule has 1 unspecified atom stereocenters. The third-order valence-electron chi connectivity index (χ3n) is 2.05. The molecule has 1 atom stereocenters. The first-order chi connectivity index (χ1) is 6.36. The van der Waals surface area contributed by atoms with Gasteiger partial charge in [0, 0.05) is 5.75 Å². The molecule has 2 nitrogen and oxygen atoms in total. The van der Waals surface area contributed by atoms with Crippen LogP contribution < -0.4 is 5.32 Å². The molecule has 3 heteroatoms. The number of hydrogen-bond acceptors (Lipinski definition) is 2. The topological polar surface area (TPSA) is 29.1 Å². The lowest BCUT2D eigenvalue weighted by Gasteiger charge is -2.22. The number of hydrogen-bond donors (Lipinski definition) is 1. The molecule has 1 aromatic rings. The first-order valence-electron chi connectivity index (χ1n) is 4.28. The van der Waals surface area contributed by atoms with E-state index in [1.165, 1.54) is 5.56 Å². The Morgan fingerprint density at radius 2 is 2.08 bits per heavy atom. The Labute approximate surface area is 81.7 Å². The van der Waals surface area contributed by atoms with Crippen LogP contribution in [0.25, 0.3) is 0 Å². The highest BCUT2D eigenvalue weighted by atomic mass is 32.2. The minimum Gasteiger partial charge on any atom is -0.348 e. The van der Waals surface area contributed by atoms with Crippen molar-refractivity contribution < 1.29 is 4.79 Å². The van der Waals surface area contributed by atoms with Gasteiger partial charge in [-0.05, 0) is 5.56 Å². The van der Waals surface area contributed by atoms with E-state index in [1.807, 2.05) is 18.2 Å². The summed E-state index contributed by atoms with van der Waals surface area (Å²) < 4.78 is 0. The van der Waals surface area contributed by atoms with Crippen molar-refractivity contribution in [1.29, 1.82) is 0 Å². The first-order valence-corrected chi connectivity index (χ1v) is 5.44. The maximum atomic E-state index is 11.1. The second kappa shape index (κ2) is 3.83. The number of nitrogens with one attached hydrogen (secondary N) is 1. The third-order valence-corrected chi connectivity index (χ3v) is 3.09. The molecule has 1 N–H and O–H groups in total. The van der Waals surface area contributed by atoms with Gasteiger partial charge in [-0.15, -0.1) is 11.8 Å². The minimum absolute atomic E-state index is 0.144. The van der Waals surface area contributed by atoms with Gasteiger partial charge in [0.05, 0.1) is 11.8 Å². The summed E-state index contributed by atoms with van der Waals surface area (Å²) in [5.41, 5.74) is 1.20. The summed E-state index contributed by atoms with van der Waals surface area (Å²) in [5.74, 6) is 1.73. The van der Waals surface area contributed by atoms with Crippen molar-refractivity contribution in [2.24, 2.45) is 0 Å². The van der Waals surface area contributed by atoms with Gasteiger partial charge in [-0.2, -0.15) is 0 Å². The van der Waals surface area contributed by atoms with Crippen molar-refractivity contribution in [2.45, 2.75) is 6.04 Å². The third kappa shape index (κ3) is 2.04. The number of amides is 1. The molecule has 13 heavy (non-hydrogen) atoms. The Hall–Kier alpha value is -0.960. The van der Waals surface area contributed by atoms with Crippen LogP contribution in [0.5, 0.6) is 0 Å². The molecule has 2 rings (SSSR count). The van der Waals surface area contributed by atoms with E-state index in [2.05, 4.69) is 17.4 Å². The molecular formula is C10H11NOS. The van der Waals surface area contributed by atoms with Crippen molar-refractivity contribution >= 4 is 17.7 Å². The lowest BCUT2D eigenvalue weighted by Crippen LogP contribution is -2.35. The van der Waals surface area contributed by atoms with Crippen molar-refractivity contribution in [2.75, 3.05) is 11.5 Å². The fourth-order valence-corrected chi connectivity index (χ4v) is 2.31. The highest BCUT2D eigenvalue weighted by molar-refractivity contribution is 8.00. The van der Waals surface area contributed by atoms with E-state index >= 15 is 0 Å². The van der Waals surface area contributed by atoms with E-state index in [-0.39, 0.29) is 11.9 Å². The van der Waals surface area contributed by atoms with E-state index in [0.29, 0.717) is 5.75 Å². The standard InChI is InChI=1S/C10H11NOS/c12-10-7-13-6-9(11-10)8-4-2-1-3-5-8/h1-5,9H,6-7H2,(H,11,12). The van der Waals surface area contributed by atoms with Gasteiger partial charge in [0.1, 0.15) is 0 Å². The number of carbonyl (C=O) groups is 1. The van der Waals surface area contributed by atoms with E-state index in [9.17, 15) is 4.79 Å². The monoisotopic (exact) mass is 193 g/mol. The second-order valence-corrected chi connectivity index (χ2v) is 4.08. The van der Waals surface area contributed by atoms with Crippen LogP contribution in [0.15, 0.2) is 30.3 Å². The lowest BCUT2D eigenvalue weighted by molar-refractivity contribution is -0.119. The first kappa shape index (κ1) is 8.63. The van der Waals surface area contributed by atoms with E-state index < -0.39 is 0 Å². The summed E-state index contributed by atoms with van der Waals surface area (Å²) in [6.45, 7) is 0. The van der Waals surface area contributed by atoms with Crippen LogP contribution in [0.2, 0.25) is 0 Å². The molecule has 1 heterocycles. The molecule has 1 fully saturated rings. The number of benzene rings is 1. The van der Waals surface area contributed by atoms with Gasteiger partial charge in [0.15, 0.2) is 0 Å². The van der Waals surface area contributed by atoms with Gasteiger partial charge in [-0.3, -0.25) is 4.79 Å². The molecule has 1 aliphatic rings. The van der Waals surface area contributed by atoms with Crippen LogP contribution in [-0.2, 0) is 4.79 Å². The molecule has 0 aromatic heterocycles. The SMILES string of the molecule is O=C1CSCC(c2ccccc2)N1. The Morgan fingerprint density at radius 1 is 1.31 bits per heavy atom. The van der Waals surface area contributed by atoms with Gasteiger partial charge in [-0.25, -0.2) is 0 Å². The summed E-state index contributed by atoms with van der Waals surface area (Å²) >= 11 is 1.69. The predicted octanol–water partition coefficient (Wildman–Crippen LogP) is 1.59. The molecule has 1 aromatic carbocycles. The summed E-state index contributed by atoms with van der Waals surface area (Å²) in [5, 5.41) is 2.97. The summed E-state index contributed by atoms with van der Waals surface area (Å²) in [6, 6.07) is 10.3. The van der Waals surface area contributed by atoms with Crippen molar-refractivity contribution in [3.8, 4) is 0 Å². The molecule has 0 saturated carbocycles. The van der Waals surface area contributed by atoms with Crippen LogP contribution in [0, 0.1) is 0 Å². The second-order valence-electron chi connectivity index (χ2n) is 3.05. The highest BCUT2D eigenvalue weighted by Crippen LogP contribution is 2.21. The van der Waals surface area contributed by atoms with Gasteiger partial charge in [0.25, 0.3) is 0 Å². The van der Waals surface area contributed by atoms with E-state index in [0.717, 1.165) is 5.75 Å². The summed E-state index contributed by atoms with van der Waals surface area (Å²) in [7, 11) is 0. The predicted molar refractivity (Wildman–Crippen MR) is 54.7 cm³/mol. The zero-order valence-corrected chi connectivity index (χ0v) is 8.01. The molecule has 0 radical (unpaired) electrons. The van der Waals surface area contributed by atoms with Crippen molar-refractivity contribution in [3.63, 3.8) is 0 Å². The number of thioether (sulfide) groups is 1. The van der Waals surface area contributed by atoms with Crippen molar-refractivity contribution in [1.82, 2.24) is 5.32 Å². The molecule has 68 valence electrons. The fraction of sp³-hybridized carbons (Fsp3) is 0.300. The molecule has 0 spiro atoms. The summed E-state index contributed by atoms with van der Waals surface area (Å²) in [6.07, 6.45) is 0. The molecule has 1 saturated heterocycles. The fourth-order valence-electron chi connectivity index (χ4n) is 1.41. The van der Waals surface area contributed by atoms with E-state index in [1.54, 1.807) is 11.8 Å². The summed E-state index contributed by atoms with van der Waals surface area (Å²) in [4.78, 5) is 11.1. The quantitative estimate of drug-likeness (QED) is 0.734. The van der Waals surface area contributed by atoms with Crippen LogP contribution in [0.3, 0.4) is 0 Å². The van der Waals surface area contributed by atoms with Gasteiger partial charge in [0.2, 0.25) is 5.91 Å². The largest absolute Gasteiger partial charge is 0.348 e. The molecule has 0 aliphatic carbocycles. The maximum Gasteiger partial charge on any atom is 0.230 e. The average molecular weight is 193 g/mol. The average Bonchev–Trinajstić information content (AvgIpc) is 2.19. The Kier molecular flexibility index (Phi) is 2.54. The Bertz CT molecular complexity index is 299. The van der Waals surface area contributed by atoms with Crippen LogP contribution in [0.1, 0.15) is 11.6 Å². The highest BCUT2D eigenvalue weighted by Gasteiger charge is 2.19. The van der Waals surface area contributed by atoms with Gasteiger partial charge in [-0.1, -0.05) is 30.3 Å². The van der Waals surface area contributed by atoms with Gasteiger partial charge < -0.3 is 5.32 Å². The Morgan fingerprint density at radius 3 is 2.77 bits per heavy atom. The molecule has 1 aliphatic heterocycles. The molecule has 1 amide bonds. The number of carbonyl (C=O) groups excluding carboxylic acids is 1. The zero-order valence-electron chi connectivity index (χ0n) is 7.19. The van der Waals surface area contributed by atoms with Crippen LogP contribution >= 0.6 is 11.8 Å². The Balaban J connectivity index is 2.13. The molecule has 0 bridgehead atoms. The smallest absolute Gasteiger partial charge is 0.230 e.